The molecule has 0 saturated carbocycles. The lowest BCUT2D eigenvalue weighted by atomic mass is 10.0. The molecule has 0 bridgehead atoms. The summed E-state index contributed by atoms with van der Waals surface area (Å²) in [6.07, 6.45) is 21.2. The molecule has 0 radical (unpaired) electrons. The van der Waals surface area contributed by atoms with Gasteiger partial charge in [0.15, 0.2) is 0 Å². The lowest BCUT2D eigenvalue weighted by Gasteiger charge is -2.03. The van der Waals surface area contributed by atoms with E-state index in [2.05, 4.69) is 11.7 Å². The Morgan fingerprint density at radius 3 is 0.909 bits per heavy atom. The Bertz CT molecular complexity index is 431. The van der Waals surface area contributed by atoms with Gasteiger partial charge in [0.2, 0.25) is 0 Å². The van der Waals surface area contributed by atoms with Gasteiger partial charge in [-0.15, -0.1) is 0 Å². The van der Waals surface area contributed by atoms with Gasteiger partial charge in [0.25, 0.3) is 0 Å². The Labute approximate surface area is 201 Å². The van der Waals surface area contributed by atoms with Crippen LogP contribution in [0, 0.1) is 0 Å². The van der Waals surface area contributed by atoms with Crippen LogP contribution in [0.25, 0.3) is 0 Å². The SMILES string of the molecule is C1CO1.CCCCCCCCCCCCCCCCCC(=O)O.O=C(O)CCCCC(=O)O. The minimum absolute atomic E-state index is 0.0628. The molecule has 7 nitrogen and oxygen atoms in total. The molecule has 1 aliphatic rings. The van der Waals surface area contributed by atoms with E-state index in [4.69, 9.17) is 15.3 Å². The van der Waals surface area contributed by atoms with E-state index in [0.29, 0.717) is 19.3 Å². The van der Waals surface area contributed by atoms with Crippen molar-refractivity contribution >= 4 is 17.9 Å². The third-order valence-corrected chi connectivity index (χ3v) is 5.23. The number of hydrogen-bond donors (Lipinski definition) is 3. The summed E-state index contributed by atoms with van der Waals surface area (Å²) < 4.78 is 4.50. The first-order chi connectivity index (χ1) is 15.9. The fourth-order valence-electron chi connectivity index (χ4n) is 3.20. The van der Waals surface area contributed by atoms with Crippen LogP contribution >= 0.6 is 0 Å². The second-order valence-corrected chi connectivity index (χ2v) is 8.70. The Morgan fingerprint density at radius 2 is 0.697 bits per heavy atom. The Balaban J connectivity index is 0. The van der Waals surface area contributed by atoms with Gasteiger partial charge in [-0.3, -0.25) is 14.4 Å². The summed E-state index contributed by atoms with van der Waals surface area (Å²) in [5.74, 6) is -2.39. The lowest BCUT2D eigenvalue weighted by Crippen LogP contribution is -1.97. The highest BCUT2D eigenvalue weighted by Crippen LogP contribution is 2.13. The van der Waals surface area contributed by atoms with E-state index in [0.717, 1.165) is 26.1 Å². The molecule has 33 heavy (non-hydrogen) atoms. The van der Waals surface area contributed by atoms with Crippen LogP contribution in [0.4, 0.5) is 0 Å². The van der Waals surface area contributed by atoms with Crippen molar-refractivity contribution in [3.8, 4) is 0 Å². The molecule has 7 heteroatoms. The van der Waals surface area contributed by atoms with Gasteiger partial charge in [-0.2, -0.15) is 0 Å². The highest BCUT2D eigenvalue weighted by Gasteiger charge is 1.99. The molecule has 1 heterocycles. The van der Waals surface area contributed by atoms with Crippen LogP contribution in [0.2, 0.25) is 0 Å². The van der Waals surface area contributed by atoms with Gasteiger partial charge in [0.1, 0.15) is 0 Å². The largest absolute Gasteiger partial charge is 0.481 e. The van der Waals surface area contributed by atoms with Crippen LogP contribution in [-0.2, 0) is 19.1 Å². The second kappa shape index (κ2) is 28.4. The van der Waals surface area contributed by atoms with E-state index >= 15 is 0 Å². The van der Waals surface area contributed by atoms with Crippen molar-refractivity contribution < 1.29 is 34.4 Å². The maximum absolute atomic E-state index is 10.3. The van der Waals surface area contributed by atoms with Crippen LogP contribution in [-0.4, -0.2) is 46.4 Å². The van der Waals surface area contributed by atoms with Gasteiger partial charge < -0.3 is 20.1 Å². The summed E-state index contributed by atoms with van der Waals surface area (Å²) in [7, 11) is 0. The van der Waals surface area contributed by atoms with Crippen LogP contribution in [0.5, 0.6) is 0 Å². The summed E-state index contributed by atoms with van der Waals surface area (Å²) in [6.45, 7) is 4.27. The normalized spacial score (nSPS) is 11.5. The van der Waals surface area contributed by atoms with E-state index in [1.165, 1.54) is 83.5 Å². The van der Waals surface area contributed by atoms with Crippen LogP contribution in [0.1, 0.15) is 135 Å². The van der Waals surface area contributed by atoms with E-state index in [9.17, 15) is 14.4 Å². The Hall–Kier alpha value is -1.63. The topological polar surface area (TPSA) is 124 Å². The number of ether oxygens (including phenoxy) is 1. The predicted octanol–water partition coefficient (Wildman–Crippen LogP) is 7.07. The average molecular weight is 475 g/mol. The molecule has 0 atom stereocenters. The first-order valence-electron chi connectivity index (χ1n) is 13.1. The standard InChI is InChI=1S/C18H36O2.C6H10O4.C2H4O/c1-2-3-4-5-6-7-8-9-10-11-12-13-14-15-16-17-18(19)20;7-5(8)3-1-2-4-6(9)10;1-2-3-1/h2-17H2,1H3,(H,19,20);1-4H2,(H,7,8)(H,9,10);1-2H2. The molecule has 196 valence electrons. The summed E-state index contributed by atoms with van der Waals surface area (Å²) >= 11 is 0. The van der Waals surface area contributed by atoms with E-state index in [1.54, 1.807) is 0 Å². The fraction of sp³-hybridized carbons (Fsp3) is 0.885. The quantitative estimate of drug-likeness (QED) is 0.120. The van der Waals surface area contributed by atoms with Gasteiger partial charge in [0, 0.05) is 19.3 Å². The smallest absolute Gasteiger partial charge is 0.303 e. The number of epoxide rings is 1. The number of unbranched alkanes of at least 4 members (excludes halogenated alkanes) is 15. The highest BCUT2D eigenvalue weighted by molar-refractivity contribution is 5.68. The van der Waals surface area contributed by atoms with Crippen molar-refractivity contribution in [3.63, 3.8) is 0 Å². The number of carbonyl (C=O) groups is 3. The molecule has 0 aromatic rings. The molecule has 0 unspecified atom stereocenters. The molecule has 0 aromatic heterocycles. The third kappa shape index (κ3) is 44.8. The molecule has 1 aliphatic heterocycles. The highest BCUT2D eigenvalue weighted by atomic mass is 16.6. The summed E-state index contributed by atoms with van der Waals surface area (Å²) in [5.41, 5.74) is 0. The fourth-order valence-corrected chi connectivity index (χ4v) is 3.20. The van der Waals surface area contributed by atoms with Crippen molar-refractivity contribution in [2.24, 2.45) is 0 Å². The maximum Gasteiger partial charge on any atom is 0.303 e. The molecule has 1 rings (SSSR count). The molecule has 0 amide bonds. The minimum atomic E-state index is -0.870. The molecule has 0 aliphatic carbocycles. The maximum atomic E-state index is 10.3. The van der Waals surface area contributed by atoms with Crippen molar-refractivity contribution in [2.45, 2.75) is 135 Å². The molecule has 1 saturated heterocycles. The second-order valence-electron chi connectivity index (χ2n) is 8.70. The first kappa shape index (κ1) is 33.5. The van der Waals surface area contributed by atoms with Crippen molar-refractivity contribution in [1.82, 2.24) is 0 Å². The summed E-state index contributed by atoms with van der Waals surface area (Å²) in [6, 6.07) is 0. The van der Waals surface area contributed by atoms with Crippen molar-refractivity contribution in [1.29, 1.82) is 0 Å². The van der Waals surface area contributed by atoms with E-state index in [-0.39, 0.29) is 12.8 Å². The molecule has 3 N–H and O–H groups in total. The average Bonchev–Trinajstić information content (AvgIpc) is 3.63. The van der Waals surface area contributed by atoms with Gasteiger partial charge in [-0.05, 0) is 19.3 Å². The molecular weight excluding hydrogens is 424 g/mol. The molecular formula is C26H50O7. The van der Waals surface area contributed by atoms with E-state index < -0.39 is 17.9 Å². The van der Waals surface area contributed by atoms with E-state index in [1.807, 2.05) is 0 Å². The van der Waals surface area contributed by atoms with Crippen LogP contribution in [0.3, 0.4) is 0 Å². The zero-order chi connectivity index (χ0) is 25.0. The summed E-state index contributed by atoms with van der Waals surface area (Å²) in [5, 5.41) is 24.8. The number of rotatable bonds is 21. The molecule has 1 fully saturated rings. The Morgan fingerprint density at radius 1 is 0.485 bits per heavy atom. The summed E-state index contributed by atoms with van der Waals surface area (Å²) in [4.78, 5) is 30.1. The number of carboxylic acids is 3. The van der Waals surface area contributed by atoms with Gasteiger partial charge in [0.05, 0.1) is 13.2 Å². The van der Waals surface area contributed by atoms with Crippen LogP contribution < -0.4 is 0 Å². The minimum Gasteiger partial charge on any atom is -0.481 e. The molecule has 0 spiro atoms. The van der Waals surface area contributed by atoms with Crippen molar-refractivity contribution in [3.05, 3.63) is 0 Å². The Kier molecular flexibility index (Phi) is 28.9. The van der Waals surface area contributed by atoms with Gasteiger partial charge >= 0.3 is 17.9 Å². The number of hydrogen-bond acceptors (Lipinski definition) is 4. The first-order valence-corrected chi connectivity index (χ1v) is 13.1. The zero-order valence-corrected chi connectivity index (χ0v) is 21.0. The number of carboxylic acid groups (broad SMARTS) is 3. The zero-order valence-electron chi connectivity index (χ0n) is 21.0. The van der Waals surface area contributed by atoms with Gasteiger partial charge in [-0.1, -0.05) is 96.8 Å². The third-order valence-electron chi connectivity index (χ3n) is 5.23. The monoisotopic (exact) mass is 474 g/mol. The molecule has 0 aromatic carbocycles. The number of aliphatic carboxylic acids is 3. The van der Waals surface area contributed by atoms with Crippen LogP contribution in [0.15, 0.2) is 0 Å². The predicted molar refractivity (Wildman–Crippen MR) is 132 cm³/mol. The lowest BCUT2D eigenvalue weighted by molar-refractivity contribution is -0.139. The van der Waals surface area contributed by atoms with Gasteiger partial charge in [-0.25, -0.2) is 0 Å². The van der Waals surface area contributed by atoms with Crippen molar-refractivity contribution in [2.75, 3.05) is 13.2 Å².